The van der Waals surface area contributed by atoms with Gasteiger partial charge in [0.15, 0.2) is 0 Å². The van der Waals surface area contributed by atoms with E-state index in [-0.39, 0.29) is 5.56 Å². The van der Waals surface area contributed by atoms with Gasteiger partial charge in [-0.2, -0.15) is 0 Å². The molecule has 2 aromatic heterocycles. The number of hydrogen-bond donors (Lipinski definition) is 1. The molecule has 0 fully saturated rings. The molecule has 0 radical (unpaired) electrons. The summed E-state index contributed by atoms with van der Waals surface area (Å²) in [6, 6.07) is 1.39. The fraction of sp³-hybridized carbons (Fsp3) is 0. The van der Waals surface area contributed by atoms with Crippen LogP contribution in [-0.2, 0) is 0 Å². The van der Waals surface area contributed by atoms with Gasteiger partial charge in [-0.05, 0) is 0 Å². The van der Waals surface area contributed by atoms with Gasteiger partial charge in [-0.15, -0.1) is 0 Å². The van der Waals surface area contributed by atoms with Crippen LogP contribution in [0.25, 0.3) is 5.78 Å². The highest BCUT2D eigenvalue weighted by Crippen LogP contribution is 2.05. The zero-order valence-corrected chi connectivity index (χ0v) is 6.17. The van der Waals surface area contributed by atoms with Crippen molar-refractivity contribution in [3.05, 3.63) is 34.0 Å². The molecule has 0 spiro atoms. The number of fused-ring (bicyclic) bond motifs is 1. The van der Waals surface area contributed by atoms with Gasteiger partial charge in [0.25, 0.3) is 5.56 Å². The summed E-state index contributed by atoms with van der Waals surface area (Å²) in [5.74, 6) is 0.461. The molecule has 0 aliphatic carbocycles. The molecule has 2 rings (SSSR count). The lowest BCUT2D eigenvalue weighted by Gasteiger charge is -1.89. The van der Waals surface area contributed by atoms with Crippen LogP contribution in [0.1, 0.15) is 0 Å². The molecule has 2 aromatic rings. The van der Waals surface area contributed by atoms with Crippen molar-refractivity contribution in [2.45, 2.75) is 0 Å². The molecule has 11 heavy (non-hydrogen) atoms. The highest BCUT2D eigenvalue weighted by Gasteiger charge is 2.01. The zero-order valence-electron chi connectivity index (χ0n) is 5.41. The first-order chi connectivity index (χ1) is 5.29. The molecule has 4 nitrogen and oxygen atoms in total. The van der Waals surface area contributed by atoms with E-state index in [0.717, 1.165) is 0 Å². The molecule has 0 amide bonds. The van der Waals surface area contributed by atoms with Crippen molar-refractivity contribution in [2.75, 3.05) is 0 Å². The molecule has 0 unspecified atom stereocenters. The quantitative estimate of drug-likeness (QED) is 0.631. The van der Waals surface area contributed by atoms with Crippen LogP contribution in [0.4, 0.5) is 0 Å². The fourth-order valence-corrected chi connectivity index (χ4v) is 1.12. The van der Waals surface area contributed by atoms with Crippen molar-refractivity contribution >= 4 is 17.4 Å². The number of nitrogens with zero attached hydrogens (tertiary/aromatic N) is 2. The number of aromatic nitrogens is 3. The Bertz CT molecular complexity index is 444. The van der Waals surface area contributed by atoms with E-state index in [2.05, 4.69) is 9.97 Å². The van der Waals surface area contributed by atoms with Gasteiger partial charge in [-0.25, -0.2) is 9.38 Å². The average molecular weight is 170 g/mol. The second-order valence-corrected chi connectivity index (χ2v) is 2.44. The number of nitrogens with one attached hydrogen (secondary N) is 1. The number of H-pyrrole nitrogens is 1. The van der Waals surface area contributed by atoms with Crippen molar-refractivity contribution in [1.29, 1.82) is 0 Å². The lowest BCUT2D eigenvalue weighted by atomic mass is 10.6. The molecule has 0 saturated carbocycles. The summed E-state index contributed by atoms with van der Waals surface area (Å²) in [5.41, 5.74) is -0.179. The van der Waals surface area contributed by atoms with E-state index in [9.17, 15) is 4.79 Å². The van der Waals surface area contributed by atoms with Crippen molar-refractivity contribution in [3.8, 4) is 0 Å². The van der Waals surface area contributed by atoms with Gasteiger partial charge >= 0.3 is 0 Å². The Morgan fingerprint density at radius 2 is 2.45 bits per heavy atom. The third kappa shape index (κ3) is 0.832. The lowest BCUT2D eigenvalue weighted by Crippen LogP contribution is -2.11. The number of imidazole rings is 1. The van der Waals surface area contributed by atoms with Gasteiger partial charge < -0.3 is 4.98 Å². The van der Waals surface area contributed by atoms with Crippen LogP contribution in [0, 0.1) is 0 Å². The summed E-state index contributed by atoms with van der Waals surface area (Å²) in [4.78, 5) is 17.7. The highest BCUT2D eigenvalue weighted by molar-refractivity contribution is 6.29. The minimum atomic E-state index is -0.179. The van der Waals surface area contributed by atoms with E-state index in [1.807, 2.05) is 0 Å². The first-order valence-electron chi connectivity index (χ1n) is 3.00. The molecule has 1 N–H and O–H groups in total. The van der Waals surface area contributed by atoms with Gasteiger partial charge in [0, 0.05) is 12.3 Å². The van der Waals surface area contributed by atoms with Gasteiger partial charge in [0.2, 0.25) is 5.78 Å². The zero-order chi connectivity index (χ0) is 7.84. The monoisotopic (exact) mass is 169 g/mol. The molecule has 2 heterocycles. The normalized spacial score (nSPS) is 10.6. The Morgan fingerprint density at radius 1 is 1.64 bits per heavy atom. The molecule has 0 aliphatic rings. The smallest absolute Gasteiger partial charge is 0.260 e. The number of aromatic amines is 1. The van der Waals surface area contributed by atoms with Crippen LogP contribution in [-0.4, -0.2) is 14.4 Å². The summed E-state index contributed by atoms with van der Waals surface area (Å²) < 4.78 is 1.29. The molecule has 0 aliphatic heterocycles. The molecular weight excluding hydrogens is 166 g/mol. The van der Waals surface area contributed by atoms with Crippen LogP contribution in [0.2, 0.25) is 5.15 Å². The number of halogens is 1. The Morgan fingerprint density at radius 3 is 3.18 bits per heavy atom. The molecule has 0 saturated heterocycles. The van der Waals surface area contributed by atoms with E-state index >= 15 is 0 Å². The van der Waals surface area contributed by atoms with E-state index in [1.165, 1.54) is 22.9 Å². The van der Waals surface area contributed by atoms with Crippen LogP contribution in [0.3, 0.4) is 0 Å². The molecule has 0 bridgehead atoms. The fourth-order valence-electron chi connectivity index (χ4n) is 0.905. The number of rotatable bonds is 0. The van der Waals surface area contributed by atoms with E-state index < -0.39 is 0 Å². The Hall–Kier alpha value is -1.29. The second kappa shape index (κ2) is 2.10. The third-order valence-electron chi connectivity index (χ3n) is 1.38. The van der Waals surface area contributed by atoms with Gasteiger partial charge in [0.05, 0.1) is 6.20 Å². The van der Waals surface area contributed by atoms with Crippen LogP contribution in [0.15, 0.2) is 23.3 Å². The summed E-state index contributed by atoms with van der Waals surface area (Å²) in [6.07, 6.45) is 2.95. The Balaban J connectivity index is 3.08. The molecule has 0 aromatic carbocycles. The van der Waals surface area contributed by atoms with E-state index in [0.29, 0.717) is 10.9 Å². The molecule has 5 heteroatoms. The van der Waals surface area contributed by atoms with Gasteiger partial charge in [-0.1, -0.05) is 11.6 Å². The molecule has 0 atom stereocenters. The predicted molar refractivity (Wildman–Crippen MR) is 40.8 cm³/mol. The minimum absolute atomic E-state index is 0.179. The van der Waals surface area contributed by atoms with Crippen LogP contribution >= 0.6 is 11.6 Å². The summed E-state index contributed by atoms with van der Waals surface area (Å²) in [6.45, 7) is 0. The summed E-state index contributed by atoms with van der Waals surface area (Å²) in [7, 11) is 0. The molecular formula is C6H4ClN3O. The molecule has 56 valence electrons. The van der Waals surface area contributed by atoms with Gasteiger partial charge in [0.1, 0.15) is 5.15 Å². The summed E-state index contributed by atoms with van der Waals surface area (Å²) >= 11 is 5.66. The van der Waals surface area contributed by atoms with Crippen molar-refractivity contribution in [3.63, 3.8) is 0 Å². The minimum Gasteiger partial charge on any atom is -0.332 e. The number of hydrogen-bond acceptors (Lipinski definition) is 2. The average Bonchev–Trinajstić information content (AvgIpc) is 2.34. The maximum atomic E-state index is 11.1. The van der Waals surface area contributed by atoms with Crippen molar-refractivity contribution in [1.82, 2.24) is 14.4 Å². The standard InChI is InChI=1S/C6H4ClN3O/c7-4-3-9-6-8-2-1-5(11)10(4)6/h1-3H,(H,8,9). The van der Waals surface area contributed by atoms with Crippen molar-refractivity contribution < 1.29 is 0 Å². The maximum absolute atomic E-state index is 11.1. The predicted octanol–water partition coefficient (Wildman–Crippen LogP) is 0.676. The second-order valence-electron chi connectivity index (χ2n) is 2.06. The SMILES string of the molecule is O=c1cc[nH]c2ncc(Cl)n12. The third-order valence-corrected chi connectivity index (χ3v) is 1.64. The topological polar surface area (TPSA) is 50.2 Å². The maximum Gasteiger partial charge on any atom is 0.260 e. The highest BCUT2D eigenvalue weighted by atomic mass is 35.5. The Labute approximate surface area is 66.5 Å². The first kappa shape index (κ1) is 6.42. The van der Waals surface area contributed by atoms with Crippen LogP contribution < -0.4 is 5.56 Å². The van der Waals surface area contributed by atoms with Crippen molar-refractivity contribution in [2.24, 2.45) is 0 Å². The largest absolute Gasteiger partial charge is 0.332 e. The Kier molecular flexibility index (Phi) is 1.22. The van der Waals surface area contributed by atoms with E-state index in [4.69, 9.17) is 11.6 Å². The van der Waals surface area contributed by atoms with E-state index in [1.54, 1.807) is 0 Å². The van der Waals surface area contributed by atoms with Gasteiger partial charge in [-0.3, -0.25) is 4.79 Å². The van der Waals surface area contributed by atoms with Crippen LogP contribution in [0.5, 0.6) is 0 Å². The summed E-state index contributed by atoms with van der Waals surface area (Å²) in [5, 5.41) is 0.321. The lowest BCUT2D eigenvalue weighted by molar-refractivity contribution is 1.05. The first-order valence-corrected chi connectivity index (χ1v) is 3.37.